The van der Waals surface area contributed by atoms with Crippen molar-refractivity contribution in [2.24, 2.45) is 0 Å². The van der Waals surface area contributed by atoms with Crippen molar-refractivity contribution in [3.8, 4) is 0 Å². The molecule has 0 aromatic heterocycles. The van der Waals surface area contributed by atoms with Crippen LogP contribution >= 0.6 is 0 Å². The quantitative estimate of drug-likeness (QED) is 0.337. The second-order valence-electron chi connectivity index (χ2n) is 2.92. The largest absolute Gasteiger partial charge is 0.458 e. The molecule has 5 heteroatoms. The SMILES string of the molecule is CCOC(=O)/C(=C\c1ccccc1)[N+](=O)[O-]. The minimum atomic E-state index is -0.920. The first-order valence-corrected chi connectivity index (χ1v) is 4.73. The van der Waals surface area contributed by atoms with Gasteiger partial charge < -0.3 is 4.74 Å². The number of nitro groups is 1. The third-order valence-electron chi connectivity index (χ3n) is 1.78. The van der Waals surface area contributed by atoms with E-state index >= 15 is 0 Å². The molecule has 0 unspecified atom stereocenters. The molecular formula is C11H11NO4. The first kappa shape index (κ1) is 11.9. The van der Waals surface area contributed by atoms with Crippen molar-refractivity contribution in [3.05, 3.63) is 51.7 Å². The molecule has 0 fully saturated rings. The highest BCUT2D eigenvalue weighted by molar-refractivity contribution is 5.90. The van der Waals surface area contributed by atoms with Crippen molar-refractivity contribution in [1.29, 1.82) is 0 Å². The molecule has 16 heavy (non-hydrogen) atoms. The third-order valence-corrected chi connectivity index (χ3v) is 1.78. The number of benzene rings is 1. The van der Waals surface area contributed by atoms with E-state index < -0.39 is 16.6 Å². The smallest absolute Gasteiger partial charge is 0.409 e. The van der Waals surface area contributed by atoms with E-state index in [-0.39, 0.29) is 6.61 Å². The van der Waals surface area contributed by atoms with Crippen molar-refractivity contribution in [1.82, 2.24) is 0 Å². The molecule has 1 aromatic rings. The van der Waals surface area contributed by atoms with Crippen molar-refractivity contribution in [2.75, 3.05) is 6.61 Å². The van der Waals surface area contributed by atoms with Crippen LogP contribution in [0.5, 0.6) is 0 Å². The molecule has 0 bridgehead atoms. The van der Waals surface area contributed by atoms with Crippen LogP contribution in [0.15, 0.2) is 36.0 Å². The van der Waals surface area contributed by atoms with Crippen molar-refractivity contribution < 1.29 is 14.5 Å². The molecule has 0 saturated heterocycles. The standard InChI is InChI=1S/C11H11NO4/c1-2-16-11(13)10(12(14)15)8-9-6-4-3-5-7-9/h3-8H,2H2,1H3/b10-8+. The van der Waals surface area contributed by atoms with Gasteiger partial charge in [0.25, 0.3) is 0 Å². The van der Waals surface area contributed by atoms with Crippen LogP contribution in [0.3, 0.4) is 0 Å². The Morgan fingerprint density at radius 2 is 2.06 bits per heavy atom. The normalized spacial score (nSPS) is 10.9. The Morgan fingerprint density at radius 1 is 1.44 bits per heavy atom. The van der Waals surface area contributed by atoms with E-state index in [9.17, 15) is 14.9 Å². The Morgan fingerprint density at radius 3 is 2.56 bits per heavy atom. The van der Waals surface area contributed by atoms with Gasteiger partial charge in [0, 0.05) is 6.08 Å². The highest BCUT2D eigenvalue weighted by atomic mass is 16.6. The number of carbonyl (C=O) groups is 1. The van der Waals surface area contributed by atoms with Crippen LogP contribution in [0.2, 0.25) is 0 Å². The molecule has 0 N–H and O–H groups in total. The maximum absolute atomic E-state index is 11.3. The van der Waals surface area contributed by atoms with E-state index in [1.54, 1.807) is 37.3 Å². The Bertz CT molecular complexity index is 411. The van der Waals surface area contributed by atoms with Crippen LogP contribution in [-0.4, -0.2) is 17.5 Å². The topological polar surface area (TPSA) is 69.4 Å². The lowest BCUT2D eigenvalue weighted by molar-refractivity contribution is -0.419. The van der Waals surface area contributed by atoms with Crippen LogP contribution in [0.4, 0.5) is 0 Å². The van der Waals surface area contributed by atoms with E-state index in [0.29, 0.717) is 5.56 Å². The number of ether oxygens (including phenoxy) is 1. The second-order valence-corrected chi connectivity index (χ2v) is 2.92. The van der Waals surface area contributed by atoms with E-state index in [1.807, 2.05) is 0 Å². The number of esters is 1. The number of carbonyl (C=O) groups excluding carboxylic acids is 1. The zero-order valence-electron chi connectivity index (χ0n) is 8.75. The number of hydrogen-bond acceptors (Lipinski definition) is 4. The van der Waals surface area contributed by atoms with Gasteiger partial charge in [-0.15, -0.1) is 0 Å². The summed E-state index contributed by atoms with van der Waals surface area (Å²) >= 11 is 0. The van der Waals surface area contributed by atoms with Gasteiger partial charge in [-0.25, -0.2) is 4.79 Å². The molecule has 0 spiro atoms. The molecule has 0 atom stereocenters. The van der Waals surface area contributed by atoms with Crippen molar-refractivity contribution in [3.63, 3.8) is 0 Å². The first-order valence-electron chi connectivity index (χ1n) is 4.73. The molecular weight excluding hydrogens is 210 g/mol. The zero-order valence-corrected chi connectivity index (χ0v) is 8.75. The van der Waals surface area contributed by atoms with Crippen LogP contribution < -0.4 is 0 Å². The number of hydrogen-bond donors (Lipinski definition) is 0. The van der Waals surface area contributed by atoms with Gasteiger partial charge in [-0.05, 0) is 12.5 Å². The molecule has 5 nitrogen and oxygen atoms in total. The summed E-state index contributed by atoms with van der Waals surface area (Å²) in [5.41, 5.74) is 0.0234. The van der Waals surface area contributed by atoms with Crippen LogP contribution in [0.25, 0.3) is 6.08 Å². The summed E-state index contributed by atoms with van der Waals surface area (Å²) in [5.74, 6) is -0.920. The second kappa shape index (κ2) is 5.65. The molecule has 0 aliphatic rings. The molecule has 0 saturated carbocycles. The van der Waals surface area contributed by atoms with Crippen LogP contribution in [0.1, 0.15) is 12.5 Å². The van der Waals surface area contributed by atoms with Crippen molar-refractivity contribution in [2.45, 2.75) is 6.92 Å². The average Bonchev–Trinajstić information content (AvgIpc) is 2.27. The summed E-state index contributed by atoms with van der Waals surface area (Å²) in [6.07, 6.45) is 1.19. The van der Waals surface area contributed by atoms with Gasteiger partial charge in [-0.2, -0.15) is 0 Å². The summed E-state index contributed by atoms with van der Waals surface area (Å²) < 4.78 is 4.59. The lowest BCUT2D eigenvalue weighted by Crippen LogP contribution is -2.14. The lowest BCUT2D eigenvalue weighted by atomic mass is 10.2. The van der Waals surface area contributed by atoms with Gasteiger partial charge >= 0.3 is 11.7 Å². The maximum Gasteiger partial charge on any atom is 0.409 e. The molecule has 0 radical (unpaired) electrons. The van der Waals surface area contributed by atoms with Crippen LogP contribution in [-0.2, 0) is 9.53 Å². The summed E-state index contributed by atoms with van der Waals surface area (Å²) in [4.78, 5) is 21.2. The van der Waals surface area contributed by atoms with E-state index in [2.05, 4.69) is 4.74 Å². The highest BCUT2D eigenvalue weighted by Crippen LogP contribution is 2.08. The molecule has 1 rings (SSSR count). The van der Waals surface area contributed by atoms with Gasteiger partial charge in [-0.1, -0.05) is 30.3 Å². The molecule has 84 valence electrons. The van der Waals surface area contributed by atoms with Crippen LogP contribution in [0, 0.1) is 10.1 Å². The van der Waals surface area contributed by atoms with E-state index in [0.717, 1.165) is 0 Å². The lowest BCUT2D eigenvalue weighted by Gasteiger charge is -1.99. The molecule has 0 heterocycles. The Hall–Kier alpha value is -2.17. The van der Waals surface area contributed by atoms with Crippen molar-refractivity contribution >= 4 is 12.0 Å². The predicted molar refractivity (Wildman–Crippen MR) is 58.0 cm³/mol. The first-order chi connectivity index (χ1) is 7.65. The molecule has 1 aromatic carbocycles. The summed E-state index contributed by atoms with van der Waals surface area (Å²) in [6, 6.07) is 8.59. The number of rotatable bonds is 4. The Labute approximate surface area is 92.5 Å². The fourth-order valence-electron chi connectivity index (χ4n) is 1.10. The summed E-state index contributed by atoms with van der Waals surface area (Å²) in [5, 5.41) is 10.7. The average molecular weight is 221 g/mol. The minimum absolute atomic E-state index is 0.110. The van der Waals surface area contributed by atoms with Gasteiger partial charge in [-0.3, -0.25) is 10.1 Å². The van der Waals surface area contributed by atoms with Gasteiger partial charge in [0.2, 0.25) is 0 Å². The van der Waals surface area contributed by atoms with Gasteiger partial charge in [0.1, 0.15) is 0 Å². The third kappa shape index (κ3) is 3.20. The maximum atomic E-state index is 11.3. The minimum Gasteiger partial charge on any atom is -0.458 e. The fourth-order valence-corrected chi connectivity index (χ4v) is 1.10. The fraction of sp³-hybridized carbons (Fsp3) is 0.182. The summed E-state index contributed by atoms with van der Waals surface area (Å²) in [6.45, 7) is 1.71. The van der Waals surface area contributed by atoms with E-state index in [4.69, 9.17) is 0 Å². The van der Waals surface area contributed by atoms with Gasteiger partial charge in [0.05, 0.1) is 11.5 Å². The monoisotopic (exact) mass is 221 g/mol. The zero-order chi connectivity index (χ0) is 12.0. The summed E-state index contributed by atoms with van der Waals surface area (Å²) in [7, 11) is 0. The highest BCUT2D eigenvalue weighted by Gasteiger charge is 2.22. The molecule has 0 aliphatic carbocycles. The number of nitrogens with zero attached hydrogens (tertiary/aromatic N) is 1. The Balaban J connectivity index is 2.99. The predicted octanol–water partition coefficient (Wildman–Crippen LogP) is 1.87. The Kier molecular flexibility index (Phi) is 4.20. The molecule has 0 amide bonds. The van der Waals surface area contributed by atoms with Gasteiger partial charge in [0.15, 0.2) is 0 Å². The van der Waals surface area contributed by atoms with E-state index in [1.165, 1.54) is 6.08 Å². The molecule has 0 aliphatic heterocycles.